The van der Waals surface area contributed by atoms with E-state index in [2.05, 4.69) is 195 Å². The molecule has 2 aliphatic carbocycles. The minimum absolute atomic E-state index is 0.0946. The Morgan fingerprint density at radius 1 is 0.556 bits per heavy atom. The van der Waals surface area contributed by atoms with E-state index in [9.17, 15) is 0 Å². The van der Waals surface area contributed by atoms with Gasteiger partial charge in [-0.05, 0) is 116 Å². The van der Waals surface area contributed by atoms with Crippen molar-refractivity contribution in [3.8, 4) is 5.69 Å². The van der Waals surface area contributed by atoms with E-state index >= 15 is 0 Å². The van der Waals surface area contributed by atoms with Crippen molar-refractivity contribution in [3.05, 3.63) is 180 Å². The fourth-order valence-corrected chi connectivity index (χ4v) is 10.3. The van der Waals surface area contributed by atoms with Crippen molar-refractivity contribution >= 4 is 60.3 Å². The largest absolute Gasteiger partial charge is 0.333 e. The Balaban J connectivity index is 1.08. The summed E-state index contributed by atoms with van der Waals surface area (Å²) in [6.07, 6.45) is 9.87. The van der Waals surface area contributed by atoms with E-state index in [0.29, 0.717) is 0 Å². The van der Waals surface area contributed by atoms with Gasteiger partial charge in [-0.25, -0.2) is 0 Å². The van der Waals surface area contributed by atoms with Crippen molar-refractivity contribution in [3.63, 3.8) is 0 Å². The van der Waals surface area contributed by atoms with Gasteiger partial charge in [0.15, 0.2) is 0 Å². The van der Waals surface area contributed by atoms with Gasteiger partial charge in [0.2, 0.25) is 0 Å². The first-order chi connectivity index (χ1) is 26.3. The topological polar surface area (TPSA) is 8.17 Å². The normalized spacial score (nSPS) is 19.6. The molecule has 2 atom stereocenters. The SMILES string of the molecule is CC1(C)CCC(C)(C)c2c(N3c4ccc5ccccc5c4C4C=C(c5ccc6c(c5)c5ccccc5n6-c5ccc6ccccc6c5)C=CC43)cccc21. The van der Waals surface area contributed by atoms with Crippen LogP contribution in [0.25, 0.3) is 54.6 Å². The lowest BCUT2D eigenvalue weighted by Gasteiger charge is -2.45. The molecule has 2 unspecified atom stereocenters. The van der Waals surface area contributed by atoms with E-state index in [0.717, 1.165) is 0 Å². The molecular weight excluding hydrogens is 653 g/mol. The van der Waals surface area contributed by atoms with Crippen LogP contribution in [0.2, 0.25) is 0 Å². The van der Waals surface area contributed by atoms with Crippen LogP contribution < -0.4 is 4.90 Å². The number of aromatic nitrogens is 1. The van der Waals surface area contributed by atoms with Gasteiger partial charge in [0, 0.05) is 33.8 Å². The molecule has 0 spiro atoms. The van der Waals surface area contributed by atoms with Gasteiger partial charge >= 0.3 is 0 Å². The number of allylic oxidation sites excluding steroid dienone is 2. The highest BCUT2D eigenvalue weighted by atomic mass is 15.2. The number of hydrogen-bond acceptors (Lipinski definition) is 1. The van der Waals surface area contributed by atoms with E-state index in [1.165, 1.54) is 101 Å². The predicted octanol–water partition coefficient (Wildman–Crippen LogP) is 13.7. The Labute approximate surface area is 317 Å². The molecule has 1 aliphatic heterocycles. The molecule has 262 valence electrons. The highest BCUT2D eigenvalue weighted by molar-refractivity contribution is 6.10. The number of anilines is 2. The van der Waals surface area contributed by atoms with Gasteiger partial charge in [0.05, 0.1) is 17.1 Å². The predicted molar refractivity (Wildman–Crippen MR) is 230 cm³/mol. The van der Waals surface area contributed by atoms with Crippen LogP contribution in [0.15, 0.2) is 158 Å². The molecule has 0 radical (unpaired) electrons. The van der Waals surface area contributed by atoms with E-state index < -0.39 is 0 Å². The molecule has 0 bridgehead atoms. The molecule has 0 fully saturated rings. The molecule has 8 aromatic rings. The summed E-state index contributed by atoms with van der Waals surface area (Å²) in [5.74, 6) is 0.219. The van der Waals surface area contributed by atoms with E-state index in [1.807, 2.05) is 0 Å². The average Bonchev–Trinajstić information content (AvgIpc) is 3.71. The molecule has 1 aromatic heterocycles. The van der Waals surface area contributed by atoms with Gasteiger partial charge in [0.25, 0.3) is 0 Å². The Kier molecular flexibility index (Phi) is 6.64. The average molecular weight is 697 g/mol. The minimum atomic E-state index is 0.0946. The first-order valence-electron chi connectivity index (χ1n) is 19.6. The molecule has 0 saturated heterocycles. The van der Waals surface area contributed by atoms with Crippen molar-refractivity contribution in [2.75, 3.05) is 4.90 Å². The van der Waals surface area contributed by atoms with Crippen molar-refractivity contribution in [2.24, 2.45) is 0 Å². The van der Waals surface area contributed by atoms with Crippen molar-refractivity contribution < 1.29 is 0 Å². The van der Waals surface area contributed by atoms with Crippen LogP contribution in [-0.2, 0) is 10.8 Å². The molecule has 0 amide bonds. The first kappa shape index (κ1) is 31.6. The lowest BCUT2D eigenvalue weighted by Crippen LogP contribution is -2.37. The fourth-order valence-electron chi connectivity index (χ4n) is 10.3. The maximum Gasteiger partial charge on any atom is 0.0630 e. The number of benzene rings is 7. The second-order valence-corrected chi connectivity index (χ2v) is 17.2. The monoisotopic (exact) mass is 696 g/mol. The molecular formula is C52H44N2. The zero-order chi connectivity index (χ0) is 36.3. The summed E-state index contributed by atoms with van der Waals surface area (Å²) in [6, 6.07) is 52.4. The maximum atomic E-state index is 2.69. The third kappa shape index (κ3) is 4.53. The molecule has 3 aliphatic rings. The van der Waals surface area contributed by atoms with Crippen molar-refractivity contribution in [1.82, 2.24) is 4.57 Å². The van der Waals surface area contributed by atoms with Gasteiger partial charge in [-0.2, -0.15) is 0 Å². The highest BCUT2D eigenvalue weighted by Gasteiger charge is 2.44. The van der Waals surface area contributed by atoms with Gasteiger partial charge in [0.1, 0.15) is 0 Å². The van der Waals surface area contributed by atoms with Crippen LogP contribution in [0.1, 0.15) is 68.7 Å². The van der Waals surface area contributed by atoms with E-state index in [-0.39, 0.29) is 22.8 Å². The third-order valence-corrected chi connectivity index (χ3v) is 13.1. The number of hydrogen-bond donors (Lipinski definition) is 0. The van der Waals surface area contributed by atoms with Gasteiger partial charge < -0.3 is 9.47 Å². The second-order valence-electron chi connectivity index (χ2n) is 17.2. The van der Waals surface area contributed by atoms with E-state index in [1.54, 1.807) is 0 Å². The standard InChI is InChI=1S/C52H44N2/c1-51(2)28-29-52(3,4)50-43(51)17-11-19-48(50)54-46-26-23-37(32-42(46)49-39-15-8-7-13-34(39)21-27-47(49)54)36-22-25-45-41(31-36)40-16-9-10-18-44(40)53(45)38-24-20-33-12-5-6-14-35(33)30-38/h5-27,30-32,42,46H,28-29H2,1-4H3. The van der Waals surface area contributed by atoms with Crippen LogP contribution in [-0.4, -0.2) is 10.6 Å². The van der Waals surface area contributed by atoms with Crippen LogP contribution in [0.5, 0.6) is 0 Å². The smallest absolute Gasteiger partial charge is 0.0630 e. The quantitative estimate of drug-likeness (QED) is 0.179. The van der Waals surface area contributed by atoms with Crippen LogP contribution in [0, 0.1) is 0 Å². The minimum Gasteiger partial charge on any atom is -0.333 e. The van der Waals surface area contributed by atoms with Gasteiger partial charge in [-0.1, -0.05) is 143 Å². The zero-order valence-corrected chi connectivity index (χ0v) is 31.5. The lowest BCUT2D eigenvalue weighted by molar-refractivity contribution is 0.332. The molecule has 0 N–H and O–H groups in total. The summed E-state index contributed by atoms with van der Waals surface area (Å²) >= 11 is 0. The highest BCUT2D eigenvalue weighted by Crippen LogP contribution is 2.56. The van der Waals surface area contributed by atoms with Crippen LogP contribution in [0.3, 0.4) is 0 Å². The Morgan fingerprint density at radius 2 is 1.28 bits per heavy atom. The zero-order valence-electron chi connectivity index (χ0n) is 31.5. The summed E-state index contributed by atoms with van der Waals surface area (Å²) in [5, 5.41) is 7.75. The fraction of sp³-hybridized carbons (Fsp3) is 0.192. The van der Waals surface area contributed by atoms with Crippen molar-refractivity contribution in [2.45, 2.75) is 63.3 Å². The molecule has 2 nitrogen and oxygen atoms in total. The van der Waals surface area contributed by atoms with Gasteiger partial charge in [-0.3, -0.25) is 0 Å². The number of para-hydroxylation sites is 1. The lowest BCUT2D eigenvalue weighted by atomic mass is 9.62. The van der Waals surface area contributed by atoms with Crippen LogP contribution in [0.4, 0.5) is 11.4 Å². The summed E-state index contributed by atoms with van der Waals surface area (Å²) in [7, 11) is 0. The number of fused-ring (bicyclic) bond motifs is 10. The van der Waals surface area contributed by atoms with Crippen LogP contribution >= 0.6 is 0 Å². The Bertz CT molecular complexity index is 2910. The third-order valence-electron chi connectivity index (χ3n) is 13.1. The summed E-state index contributed by atoms with van der Waals surface area (Å²) in [6.45, 7) is 9.79. The molecule has 2 heterocycles. The molecule has 0 saturated carbocycles. The molecule has 7 aromatic carbocycles. The molecule has 2 heteroatoms. The van der Waals surface area contributed by atoms with Crippen molar-refractivity contribution in [1.29, 1.82) is 0 Å². The Morgan fingerprint density at radius 3 is 2.15 bits per heavy atom. The molecule has 54 heavy (non-hydrogen) atoms. The summed E-state index contributed by atoms with van der Waals surface area (Å²) in [5.41, 5.74) is 13.6. The molecule has 11 rings (SSSR count). The summed E-state index contributed by atoms with van der Waals surface area (Å²) < 4.78 is 2.43. The number of rotatable bonds is 3. The Hall–Kier alpha value is -5.86. The summed E-state index contributed by atoms with van der Waals surface area (Å²) in [4.78, 5) is 2.69. The second kappa shape index (κ2) is 11.3. The maximum absolute atomic E-state index is 2.69. The van der Waals surface area contributed by atoms with Gasteiger partial charge in [-0.15, -0.1) is 0 Å². The number of nitrogens with zero attached hydrogens (tertiary/aromatic N) is 2. The first-order valence-corrected chi connectivity index (χ1v) is 19.6. The van der Waals surface area contributed by atoms with E-state index in [4.69, 9.17) is 0 Å².